The number of nitrogens with zero attached hydrogens (tertiary/aromatic N) is 1. The van der Waals surface area contributed by atoms with Crippen LogP contribution in [-0.2, 0) is 4.79 Å². The van der Waals surface area contributed by atoms with Crippen LogP contribution in [0.1, 0.15) is 0 Å². The van der Waals surface area contributed by atoms with Crippen molar-refractivity contribution in [3.8, 4) is 5.75 Å². The fraction of sp³-hybridized carbons (Fsp3) is 0.300. The molecule has 1 amide bonds. The molecule has 1 aromatic rings. The van der Waals surface area contributed by atoms with E-state index in [0.717, 1.165) is 7.05 Å². The maximum absolute atomic E-state index is 12.1. The van der Waals surface area contributed by atoms with Crippen LogP contribution in [0.2, 0.25) is 0 Å². The molecule has 1 rings (SSSR count). The Balaban J connectivity index is 2.88. The highest BCUT2D eigenvalue weighted by molar-refractivity contribution is 5.96. The van der Waals surface area contributed by atoms with Gasteiger partial charge >= 0.3 is 12.1 Å². The molecule has 0 aliphatic rings. The van der Waals surface area contributed by atoms with Crippen LogP contribution in [0.3, 0.4) is 0 Å². The SMILES string of the molecule is COc1ccc(N(C)C(=O)C(F)(F)F)cc1. The highest BCUT2D eigenvalue weighted by Crippen LogP contribution is 2.23. The number of hydrogen-bond acceptors (Lipinski definition) is 2. The van der Waals surface area contributed by atoms with Crippen molar-refractivity contribution in [1.82, 2.24) is 0 Å². The Bertz CT molecular complexity index is 373. The minimum Gasteiger partial charge on any atom is -0.497 e. The Labute approximate surface area is 90.4 Å². The second kappa shape index (κ2) is 4.42. The fourth-order valence-electron chi connectivity index (χ4n) is 1.11. The van der Waals surface area contributed by atoms with Crippen molar-refractivity contribution in [3.63, 3.8) is 0 Å². The third-order valence-electron chi connectivity index (χ3n) is 2.01. The second-order valence-electron chi connectivity index (χ2n) is 3.06. The summed E-state index contributed by atoms with van der Waals surface area (Å²) < 4.78 is 41.2. The summed E-state index contributed by atoms with van der Waals surface area (Å²) in [4.78, 5) is 11.4. The van der Waals surface area contributed by atoms with E-state index in [1.165, 1.54) is 31.4 Å². The maximum atomic E-state index is 12.1. The van der Waals surface area contributed by atoms with Gasteiger partial charge in [0, 0.05) is 12.7 Å². The van der Waals surface area contributed by atoms with E-state index in [9.17, 15) is 18.0 Å². The molecule has 88 valence electrons. The minimum atomic E-state index is -4.87. The van der Waals surface area contributed by atoms with Gasteiger partial charge < -0.3 is 9.64 Å². The van der Waals surface area contributed by atoms with Crippen molar-refractivity contribution in [2.75, 3.05) is 19.1 Å². The van der Waals surface area contributed by atoms with E-state index in [0.29, 0.717) is 10.6 Å². The van der Waals surface area contributed by atoms with Gasteiger partial charge in [0.05, 0.1) is 7.11 Å². The van der Waals surface area contributed by atoms with Gasteiger partial charge in [-0.3, -0.25) is 4.79 Å². The number of halogens is 3. The van der Waals surface area contributed by atoms with Gasteiger partial charge in [-0.25, -0.2) is 0 Å². The van der Waals surface area contributed by atoms with Crippen molar-refractivity contribution in [1.29, 1.82) is 0 Å². The molecule has 0 saturated carbocycles. The Morgan fingerprint density at radius 3 is 2.12 bits per heavy atom. The smallest absolute Gasteiger partial charge is 0.471 e. The van der Waals surface area contributed by atoms with Crippen LogP contribution in [0.15, 0.2) is 24.3 Å². The summed E-state index contributed by atoms with van der Waals surface area (Å²) in [6, 6.07) is 5.72. The lowest BCUT2D eigenvalue weighted by Gasteiger charge is -2.18. The van der Waals surface area contributed by atoms with Gasteiger partial charge in [-0.05, 0) is 24.3 Å². The number of carbonyl (C=O) groups excluding carboxylic acids is 1. The number of ether oxygens (including phenoxy) is 1. The number of benzene rings is 1. The van der Waals surface area contributed by atoms with Crippen LogP contribution >= 0.6 is 0 Å². The number of alkyl halides is 3. The number of rotatable bonds is 2. The van der Waals surface area contributed by atoms with Crippen LogP contribution in [0.5, 0.6) is 5.75 Å². The Morgan fingerprint density at radius 2 is 1.75 bits per heavy atom. The number of anilines is 1. The molecule has 1 aromatic carbocycles. The van der Waals surface area contributed by atoms with Gasteiger partial charge in [-0.1, -0.05) is 0 Å². The zero-order valence-corrected chi connectivity index (χ0v) is 8.71. The largest absolute Gasteiger partial charge is 0.497 e. The maximum Gasteiger partial charge on any atom is 0.471 e. The Hall–Kier alpha value is -1.72. The summed E-state index contributed by atoms with van der Waals surface area (Å²) in [5.41, 5.74) is 0.156. The quantitative estimate of drug-likeness (QED) is 0.783. The van der Waals surface area contributed by atoms with Crippen LogP contribution < -0.4 is 9.64 Å². The van der Waals surface area contributed by atoms with E-state index in [-0.39, 0.29) is 5.69 Å². The Morgan fingerprint density at radius 1 is 1.25 bits per heavy atom. The predicted molar refractivity (Wildman–Crippen MR) is 52.5 cm³/mol. The van der Waals surface area contributed by atoms with Crippen molar-refractivity contribution >= 4 is 11.6 Å². The molecule has 0 unspecified atom stereocenters. The standard InChI is InChI=1S/C10H10F3NO2/c1-14(9(15)10(11,12)13)7-3-5-8(16-2)6-4-7/h3-6H,1-2H3. The lowest BCUT2D eigenvalue weighted by molar-refractivity contribution is -0.170. The number of carbonyl (C=O) groups is 1. The molecule has 16 heavy (non-hydrogen) atoms. The molecule has 0 aliphatic carbocycles. The minimum absolute atomic E-state index is 0.156. The molecule has 0 aromatic heterocycles. The van der Waals surface area contributed by atoms with Crippen molar-refractivity contribution in [2.45, 2.75) is 6.18 Å². The van der Waals surface area contributed by atoms with Gasteiger partial charge in [-0.15, -0.1) is 0 Å². The van der Waals surface area contributed by atoms with Gasteiger partial charge in [-0.2, -0.15) is 13.2 Å². The topological polar surface area (TPSA) is 29.5 Å². The molecule has 0 fully saturated rings. The van der Waals surface area contributed by atoms with E-state index < -0.39 is 12.1 Å². The third kappa shape index (κ3) is 2.65. The first-order chi connectivity index (χ1) is 7.36. The van der Waals surface area contributed by atoms with Crippen LogP contribution in [0.4, 0.5) is 18.9 Å². The average Bonchev–Trinajstić information content (AvgIpc) is 2.26. The number of methoxy groups -OCH3 is 1. The lowest BCUT2D eigenvalue weighted by Crippen LogP contribution is -2.38. The van der Waals surface area contributed by atoms with Gasteiger partial charge in [0.15, 0.2) is 0 Å². The predicted octanol–water partition coefficient (Wildman–Crippen LogP) is 2.22. The first-order valence-corrected chi connectivity index (χ1v) is 4.35. The number of hydrogen-bond donors (Lipinski definition) is 0. The zero-order chi connectivity index (χ0) is 12.3. The molecule has 0 N–H and O–H groups in total. The van der Waals surface area contributed by atoms with Crippen molar-refractivity contribution in [2.24, 2.45) is 0 Å². The molecule has 0 spiro atoms. The number of amides is 1. The summed E-state index contributed by atoms with van der Waals surface area (Å²) in [7, 11) is 2.51. The van der Waals surface area contributed by atoms with Gasteiger partial charge in [0.25, 0.3) is 0 Å². The normalized spacial score (nSPS) is 11.1. The van der Waals surface area contributed by atoms with Gasteiger partial charge in [0.2, 0.25) is 0 Å². The molecular weight excluding hydrogens is 223 g/mol. The van der Waals surface area contributed by atoms with Gasteiger partial charge in [0.1, 0.15) is 5.75 Å². The van der Waals surface area contributed by atoms with Crippen LogP contribution in [-0.4, -0.2) is 26.2 Å². The molecule has 0 bridgehead atoms. The van der Waals surface area contributed by atoms with Crippen LogP contribution in [0, 0.1) is 0 Å². The highest BCUT2D eigenvalue weighted by Gasteiger charge is 2.41. The second-order valence-corrected chi connectivity index (χ2v) is 3.06. The summed E-state index contributed by atoms with van der Waals surface area (Å²) in [5.74, 6) is -1.39. The summed E-state index contributed by atoms with van der Waals surface area (Å²) in [5, 5.41) is 0. The fourth-order valence-corrected chi connectivity index (χ4v) is 1.11. The lowest BCUT2D eigenvalue weighted by atomic mass is 10.3. The molecule has 0 heterocycles. The first kappa shape index (κ1) is 12.4. The highest BCUT2D eigenvalue weighted by atomic mass is 19.4. The first-order valence-electron chi connectivity index (χ1n) is 4.35. The molecule has 0 radical (unpaired) electrons. The average molecular weight is 233 g/mol. The third-order valence-corrected chi connectivity index (χ3v) is 2.01. The van der Waals surface area contributed by atoms with E-state index in [2.05, 4.69) is 0 Å². The molecule has 0 saturated heterocycles. The van der Waals surface area contributed by atoms with Crippen LogP contribution in [0.25, 0.3) is 0 Å². The van der Waals surface area contributed by atoms with Crippen molar-refractivity contribution in [3.05, 3.63) is 24.3 Å². The molecule has 0 aliphatic heterocycles. The molecule has 6 heteroatoms. The molecule has 3 nitrogen and oxygen atoms in total. The summed E-state index contributed by atoms with van der Waals surface area (Å²) in [6.07, 6.45) is -4.87. The summed E-state index contributed by atoms with van der Waals surface area (Å²) >= 11 is 0. The van der Waals surface area contributed by atoms with E-state index in [1.807, 2.05) is 0 Å². The Kier molecular flexibility index (Phi) is 3.41. The summed E-state index contributed by atoms with van der Waals surface area (Å²) in [6.45, 7) is 0. The monoisotopic (exact) mass is 233 g/mol. The van der Waals surface area contributed by atoms with E-state index in [4.69, 9.17) is 4.74 Å². The van der Waals surface area contributed by atoms with E-state index in [1.54, 1.807) is 0 Å². The zero-order valence-electron chi connectivity index (χ0n) is 8.71. The molecular formula is C10H10F3NO2. The molecule has 0 atom stereocenters. The van der Waals surface area contributed by atoms with Crippen molar-refractivity contribution < 1.29 is 22.7 Å². The van der Waals surface area contributed by atoms with E-state index >= 15 is 0 Å².